The van der Waals surface area contributed by atoms with Gasteiger partial charge in [-0.3, -0.25) is 9.78 Å². The average molecular weight is 426 g/mol. The van der Waals surface area contributed by atoms with E-state index in [0.29, 0.717) is 10.8 Å². The van der Waals surface area contributed by atoms with Crippen LogP contribution in [0.2, 0.25) is 0 Å². The van der Waals surface area contributed by atoms with Crippen LogP contribution in [-0.2, 0) is 10.3 Å². The van der Waals surface area contributed by atoms with E-state index < -0.39 is 40.2 Å². The van der Waals surface area contributed by atoms with Crippen molar-refractivity contribution in [3.05, 3.63) is 77.1 Å². The number of pyridine rings is 1. The topological polar surface area (TPSA) is 68.3 Å². The maximum Gasteiger partial charge on any atom is 0.408 e. The standard InChI is InChI=1S/C24H24F2N2O3/c1-23(2,3)31-22(30)28-24(4,5)15-11-18(25)20(19(26)12-15)21(29)17-8-6-7-14-13-27-10-9-16(14)17/h6-13H,1-5H3,(H,28,30). The molecule has 3 rings (SSSR count). The normalized spacial score (nSPS) is 12.0. The highest BCUT2D eigenvalue weighted by atomic mass is 19.1. The van der Waals surface area contributed by atoms with Crippen LogP contribution in [0.5, 0.6) is 0 Å². The number of nitrogens with one attached hydrogen (secondary N) is 1. The molecule has 31 heavy (non-hydrogen) atoms. The number of ketones is 1. The first-order chi connectivity index (χ1) is 14.4. The molecule has 5 nitrogen and oxygen atoms in total. The van der Waals surface area contributed by atoms with Gasteiger partial charge in [-0.05, 0) is 63.8 Å². The lowest BCUT2D eigenvalue weighted by Crippen LogP contribution is -2.44. The largest absolute Gasteiger partial charge is 0.444 e. The molecule has 1 N–H and O–H groups in total. The van der Waals surface area contributed by atoms with E-state index in [-0.39, 0.29) is 11.1 Å². The van der Waals surface area contributed by atoms with Crippen molar-refractivity contribution in [1.82, 2.24) is 10.3 Å². The lowest BCUT2D eigenvalue weighted by Gasteiger charge is -2.29. The van der Waals surface area contributed by atoms with Crippen LogP contribution in [0.3, 0.4) is 0 Å². The molecule has 3 aromatic rings. The first kappa shape index (κ1) is 22.3. The maximum absolute atomic E-state index is 15.0. The minimum atomic E-state index is -1.14. The molecule has 1 heterocycles. The monoisotopic (exact) mass is 426 g/mol. The number of rotatable bonds is 4. The molecule has 0 aliphatic rings. The highest BCUT2D eigenvalue weighted by molar-refractivity contribution is 6.16. The molecule has 0 unspecified atom stereocenters. The average Bonchev–Trinajstić information content (AvgIpc) is 2.64. The summed E-state index contributed by atoms with van der Waals surface area (Å²) >= 11 is 0. The van der Waals surface area contributed by atoms with Crippen LogP contribution in [-0.4, -0.2) is 22.5 Å². The van der Waals surface area contributed by atoms with Gasteiger partial charge in [-0.2, -0.15) is 0 Å². The van der Waals surface area contributed by atoms with E-state index in [1.165, 1.54) is 12.3 Å². The van der Waals surface area contributed by atoms with Crippen LogP contribution >= 0.6 is 0 Å². The Bertz CT molecular complexity index is 1140. The van der Waals surface area contributed by atoms with E-state index in [4.69, 9.17) is 4.74 Å². The van der Waals surface area contributed by atoms with Gasteiger partial charge in [0.2, 0.25) is 0 Å². The van der Waals surface area contributed by atoms with Gasteiger partial charge in [-0.25, -0.2) is 13.6 Å². The Morgan fingerprint density at radius 2 is 1.65 bits per heavy atom. The zero-order valence-electron chi connectivity index (χ0n) is 18.0. The van der Waals surface area contributed by atoms with Gasteiger partial charge >= 0.3 is 6.09 Å². The number of nitrogens with zero attached hydrogens (tertiary/aromatic N) is 1. The van der Waals surface area contributed by atoms with Crippen LogP contribution < -0.4 is 5.32 Å². The summed E-state index contributed by atoms with van der Waals surface area (Å²) in [4.78, 5) is 29.1. The number of benzene rings is 2. The number of carbonyl (C=O) groups excluding carboxylic acids is 2. The molecule has 162 valence electrons. The number of amides is 1. The molecule has 2 aromatic carbocycles. The molecule has 1 aromatic heterocycles. The fourth-order valence-electron chi connectivity index (χ4n) is 3.24. The Kier molecular flexibility index (Phi) is 5.81. The summed E-state index contributed by atoms with van der Waals surface area (Å²) in [6.07, 6.45) is 2.37. The zero-order chi connectivity index (χ0) is 23.0. The molecule has 1 amide bonds. The molecular formula is C24H24F2N2O3. The van der Waals surface area contributed by atoms with E-state index in [1.54, 1.807) is 59.0 Å². The zero-order valence-corrected chi connectivity index (χ0v) is 18.0. The quantitative estimate of drug-likeness (QED) is 0.559. The highest BCUT2D eigenvalue weighted by Gasteiger charge is 2.30. The van der Waals surface area contributed by atoms with Crippen LogP contribution in [0.1, 0.15) is 56.1 Å². The molecule has 0 bridgehead atoms. The van der Waals surface area contributed by atoms with Crippen LogP contribution in [0, 0.1) is 11.6 Å². The van der Waals surface area contributed by atoms with E-state index in [1.807, 2.05) is 0 Å². The third-order valence-electron chi connectivity index (χ3n) is 4.73. The van der Waals surface area contributed by atoms with Gasteiger partial charge in [0.05, 0.1) is 11.1 Å². The summed E-state index contributed by atoms with van der Waals surface area (Å²) in [5.74, 6) is -2.79. The molecule has 0 radical (unpaired) electrons. The van der Waals surface area contributed by atoms with Crippen molar-refractivity contribution in [1.29, 1.82) is 0 Å². The number of hydrogen-bond donors (Lipinski definition) is 1. The van der Waals surface area contributed by atoms with E-state index in [2.05, 4.69) is 10.3 Å². The maximum atomic E-state index is 15.0. The molecule has 0 aliphatic heterocycles. The molecule has 0 atom stereocenters. The minimum absolute atomic E-state index is 0.159. The number of ether oxygens (including phenoxy) is 1. The lowest BCUT2D eigenvalue weighted by molar-refractivity contribution is 0.0469. The summed E-state index contributed by atoms with van der Waals surface area (Å²) in [6, 6.07) is 8.65. The highest BCUT2D eigenvalue weighted by Crippen LogP contribution is 2.28. The summed E-state index contributed by atoms with van der Waals surface area (Å²) in [5, 5.41) is 3.84. The van der Waals surface area contributed by atoms with E-state index in [9.17, 15) is 18.4 Å². The summed E-state index contributed by atoms with van der Waals surface area (Å²) in [6.45, 7) is 8.31. The second-order valence-electron chi connectivity index (χ2n) is 8.80. The molecule has 0 spiro atoms. The molecule has 0 saturated carbocycles. The van der Waals surface area contributed by atoms with Crippen molar-refractivity contribution in [2.45, 2.75) is 45.8 Å². The number of aromatic nitrogens is 1. The summed E-state index contributed by atoms with van der Waals surface area (Å²) in [5.41, 5.74) is -2.18. The first-order valence-corrected chi connectivity index (χ1v) is 9.77. The summed E-state index contributed by atoms with van der Waals surface area (Å²) in [7, 11) is 0. The predicted octanol–water partition coefficient (Wildman–Crippen LogP) is 5.50. The Morgan fingerprint density at radius 1 is 1.00 bits per heavy atom. The van der Waals surface area contributed by atoms with E-state index in [0.717, 1.165) is 12.1 Å². The predicted molar refractivity (Wildman–Crippen MR) is 114 cm³/mol. The number of hydrogen-bond acceptors (Lipinski definition) is 4. The fraction of sp³-hybridized carbons (Fsp3) is 0.292. The van der Waals surface area contributed by atoms with Gasteiger partial charge in [0.15, 0.2) is 5.78 Å². The Hall–Kier alpha value is -3.35. The molecule has 0 saturated heterocycles. The Morgan fingerprint density at radius 3 is 2.26 bits per heavy atom. The van der Waals surface area contributed by atoms with Gasteiger partial charge in [-0.15, -0.1) is 0 Å². The number of halogens is 2. The second kappa shape index (κ2) is 8.06. The van der Waals surface area contributed by atoms with Gasteiger partial charge in [-0.1, -0.05) is 18.2 Å². The van der Waals surface area contributed by atoms with Crippen LogP contribution in [0.15, 0.2) is 48.8 Å². The van der Waals surface area contributed by atoms with Crippen molar-refractivity contribution < 1.29 is 23.1 Å². The second-order valence-corrected chi connectivity index (χ2v) is 8.80. The van der Waals surface area contributed by atoms with Crippen molar-refractivity contribution in [3.8, 4) is 0 Å². The SMILES string of the molecule is CC(C)(C)OC(=O)NC(C)(C)c1cc(F)c(C(=O)c2cccc3cnccc23)c(F)c1. The lowest BCUT2D eigenvalue weighted by atomic mass is 9.90. The fourth-order valence-corrected chi connectivity index (χ4v) is 3.24. The first-order valence-electron chi connectivity index (χ1n) is 9.77. The van der Waals surface area contributed by atoms with Crippen molar-refractivity contribution in [2.24, 2.45) is 0 Å². The Balaban J connectivity index is 1.96. The van der Waals surface area contributed by atoms with Gasteiger partial charge in [0, 0.05) is 23.3 Å². The summed E-state index contributed by atoms with van der Waals surface area (Å²) < 4.78 is 35.2. The van der Waals surface area contributed by atoms with Crippen molar-refractivity contribution >= 4 is 22.6 Å². The third-order valence-corrected chi connectivity index (χ3v) is 4.73. The van der Waals surface area contributed by atoms with Crippen LogP contribution in [0.25, 0.3) is 10.8 Å². The molecule has 0 aliphatic carbocycles. The third kappa shape index (κ3) is 4.87. The van der Waals surface area contributed by atoms with Gasteiger partial charge in [0.25, 0.3) is 0 Å². The van der Waals surface area contributed by atoms with Crippen LogP contribution in [0.4, 0.5) is 13.6 Å². The van der Waals surface area contributed by atoms with Crippen molar-refractivity contribution in [3.63, 3.8) is 0 Å². The van der Waals surface area contributed by atoms with Gasteiger partial charge < -0.3 is 10.1 Å². The Labute approximate surface area is 179 Å². The van der Waals surface area contributed by atoms with Gasteiger partial charge in [0.1, 0.15) is 17.2 Å². The van der Waals surface area contributed by atoms with Crippen molar-refractivity contribution in [2.75, 3.05) is 0 Å². The number of fused-ring (bicyclic) bond motifs is 1. The molecular weight excluding hydrogens is 402 g/mol. The minimum Gasteiger partial charge on any atom is -0.444 e. The number of carbonyl (C=O) groups is 2. The molecule has 0 fully saturated rings. The smallest absolute Gasteiger partial charge is 0.408 e. The number of alkyl carbamates (subject to hydrolysis) is 1. The molecule has 7 heteroatoms. The van der Waals surface area contributed by atoms with E-state index >= 15 is 0 Å².